The smallest absolute Gasteiger partial charge is 0.220 e. The molecule has 0 spiro atoms. The van der Waals surface area contributed by atoms with Gasteiger partial charge in [0.05, 0.1) is 0 Å². The molecule has 0 unspecified atom stereocenters. The molecular formula is C17H34N4OS. The van der Waals surface area contributed by atoms with Crippen LogP contribution in [0.3, 0.4) is 0 Å². The highest BCUT2D eigenvalue weighted by molar-refractivity contribution is 7.98. The quantitative estimate of drug-likeness (QED) is 0.324. The summed E-state index contributed by atoms with van der Waals surface area (Å²) in [7, 11) is 1.78. The highest BCUT2D eigenvalue weighted by Crippen LogP contribution is 2.25. The second-order valence-electron chi connectivity index (χ2n) is 6.18. The molecule has 134 valence electrons. The zero-order chi connectivity index (χ0) is 16.8. The fourth-order valence-corrected chi connectivity index (χ4v) is 3.40. The van der Waals surface area contributed by atoms with Gasteiger partial charge in [-0.05, 0) is 43.6 Å². The molecule has 0 aromatic rings. The van der Waals surface area contributed by atoms with Crippen LogP contribution in [0, 0.1) is 5.92 Å². The largest absolute Gasteiger partial charge is 0.356 e. The van der Waals surface area contributed by atoms with Crippen molar-refractivity contribution in [1.82, 2.24) is 16.0 Å². The fraction of sp³-hybridized carbons (Fsp3) is 0.882. The van der Waals surface area contributed by atoms with Gasteiger partial charge in [0.1, 0.15) is 0 Å². The van der Waals surface area contributed by atoms with Crippen LogP contribution >= 0.6 is 11.8 Å². The molecule has 0 aliphatic heterocycles. The van der Waals surface area contributed by atoms with E-state index < -0.39 is 0 Å². The molecule has 0 heterocycles. The van der Waals surface area contributed by atoms with Gasteiger partial charge >= 0.3 is 0 Å². The Labute approximate surface area is 145 Å². The van der Waals surface area contributed by atoms with E-state index in [1.165, 1.54) is 44.3 Å². The lowest BCUT2D eigenvalue weighted by molar-refractivity contribution is -0.122. The van der Waals surface area contributed by atoms with Crippen molar-refractivity contribution in [3.05, 3.63) is 0 Å². The van der Waals surface area contributed by atoms with Gasteiger partial charge in [-0.15, -0.1) is 0 Å². The zero-order valence-electron chi connectivity index (χ0n) is 14.8. The molecule has 3 N–H and O–H groups in total. The Morgan fingerprint density at radius 3 is 2.43 bits per heavy atom. The van der Waals surface area contributed by atoms with Crippen LogP contribution in [-0.2, 0) is 4.79 Å². The highest BCUT2D eigenvalue weighted by atomic mass is 32.2. The van der Waals surface area contributed by atoms with Crippen LogP contribution in [0.1, 0.15) is 51.4 Å². The van der Waals surface area contributed by atoms with E-state index in [4.69, 9.17) is 0 Å². The minimum absolute atomic E-state index is 0.193. The average molecular weight is 343 g/mol. The summed E-state index contributed by atoms with van der Waals surface area (Å²) >= 11 is 1.88. The van der Waals surface area contributed by atoms with Gasteiger partial charge < -0.3 is 16.0 Å². The van der Waals surface area contributed by atoms with Crippen molar-refractivity contribution in [2.45, 2.75) is 51.4 Å². The fourth-order valence-electron chi connectivity index (χ4n) is 2.91. The van der Waals surface area contributed by atoms with E-state index in [-0.39, 0.29) is 5.91 Å². The monoisotopic (exact) mass is 342 g/mol. The van der Waals surface area contributed by atoms with Crippen LogP contribution in [0.25, 0.3) is 0 Å². The molecule has 5 nitrogen and oxygen atoms in total. The zero-order valence-corrected chi connectivity index (χ0v) is 15.6. The second-order valence-corrected chi connectivity index (χ2v) is 7.17. The first-order valence-electron chi connectivity index (χ1n) is 8.96. The lowest BCUT2D eigenvalue weighted by atomic mass is 9.87. The van der Waals surface area contributed by atoms with Crippen molar-refractivity contribution in [2.75, 3.05) is 38.7 Å². The van der Waals surface area contributed by atoms with Crippen LogP contribution < -0.4 is 16.0 Å². The van der Waals surface area contributed by atoms with Gasteiger partial charge in [0.2, 0.25) is 5.91 Å². The number of rotatable bonds is 10. The van der Waals surface area contributed by atoms with E-state index in [2.05, 4.69) is 27.2 Å². The number of amides is 1. The van der Waals surface area contributed by atoms with Crippen LogP contribution in [0.5, 0.6) is 0 Å². The van der Waals surface area contributed by atoms with Gasteiger partial charge in [0.15, 0.2) is 5.96 Å². The lowest BCUT2D eigenvalue weighted by Crippen LogP contribution is -2.42. The Hall–Kier alpha value is -0.910. The predicted molar refractivity (Wildman–Crippen MR) is 101 cm³/mol. The predicted octanol–water partition coefficient (Wildman–Crippen LogP) is 2.38. The van der Waals surface area contributed by atoms with Crippen molar-refractivity contribution in [3.8, 4) is 0 Å². The Balaban J connectivity index is 2.01. The Kier molecular flexibility index (Phi) is 11.8. The maximum absolute atomic E-state index is 11.9. The molecular weight excluding hydrogens is 308 g/mol. The molecule has 23 heavy (non-hydrogen) atoms. The van der Waals surface area contributed by atoms with Gasteiger partial charge in [-0.2, -0.15) is 11.8 Å². The average Bonchev–Trinajstić information content (AvgIpc) is 2.57. The number of hydrogen-bond donors (Lipinski definition) is 3. The summed E-state index contributed by atoms with van der Waals surface area (Å²) in [6, 6.07) is 0. The number of unbranched alkanes of at least 4 members (excludes halogenated alkanes) is 1. The minimum Gasteiger partial charge on any atom is -0.356 e. The lowest BCUT2D eigenvalue weighted by Gasteiger charge is -2.20. The van der Waals surface area contributed by atoms with Gasteiger partial charge in [-0.25, -0.2) is 0 Å². The summed E-state index contributed by atoms with van der Waals surface area (Å²) in [6.45, 7) is 2.30. The topological polar surface area (TPSA) is 65.5 Å². The minimum atomic E-state index is 0.193. The van der Waals surface area contributed by atoms with E-state index in [1.54, 1.807) is 7.05 Å². The van der Waals surface area contributed by atoms with E-state index in [0.29, 0.717) is 25.4 Å². The van der Waals surface area contributed by atoms with Crippen molar-refractivity contribution < 1.29 is 4.79 Å². The van der Waals surface area contributed by atoms with Gasteiger partial charge in [-0.3, -0.25) is 9.79 Å². The van der Waals surface area contributed by atoms with Crippen LogP contribution in [0.4, 0.5) is 0 Å². The molecule has 1 rings (SSSR count). The maximum Gasteiger partial charge on any atom is 0.220 e. The van der Waals surface area contributed by atoms with Gasteiger partial charge in [0.25, 0.3) is 0 Å². The second kappa shape index (κ2) is 13.5. The molecule has 1 fully saturated rings. The number of nitrogens with one attached hydrogen (secondary N) is 3. The number of hydrogen-bond acceptors (Lipinski definition) is 3. The van der Waals surface area contributed by atoms with Gasteiger partial charge in [0, 0.05) is 33.1 Å². The maximum atomic E-state index is 11.9. The molecule has 1 saturated carbocycles. The molecule has 6 heteroatoms. The van der Waals surface area contributed by atoms with E-state index >= 15 is 0 Å². The molecule has 0 aromatic carbocycles. The van der Waals surface area contributed by atoms with Crippen LogP contribution in [0.15, 0.2) is 4.99 Å². The molecule has 0 aromatic heterocycles. The number of nitrogens with zero attached hydrogens (tertiary/aromatic N) is 1. The normalized spacial score (nSPS) is 16.2. The molecule has 1 aliphatic rings. The summed E-state index contributed by atoms with van der Waals surface area (Å²) in [4.78, 5) is 16.1. The third kappa shape index (κ3) is 10.5. The number of carbonyl (C=O) groups excluding carboxylic acids is 1. The number of aliphatic imine (C=N–C) groups is 1. The molecule has 0 radical (unpaired) electrons. The summed E-state index contributed by atoms with van der Waals surface area (Å²) in [6.07, 6.45) is 11.6. The molecule has 1 aliphatic carbocycles. The first-order chi connectivity index (χ1) is 11.3. The Morgan fingerprint density at radius 1 is 1.04 bits per heavy atom. The molecule has 1 amide bonds. The van der Waals surface area contributed by atoms with Crippen LogP contribution in [-0.4, -0.2) is 50.6 Å². The molecule has 0 atom stereocenters. The Morgan fingerprint density at radius 2 is 1.74 bits per heavy atom. The van der Waals surface area contributed by atoms with Crippen molar-refractivity contribution >= 4 is 23.6 Å². The first-order valence-corrected chi connectivity index (χ1v) is 10.4. The molecule has 0 saturated heterocycles. The highest BCUT2D eigenvalue weighted by Gasteiger charge is 2.16. The third-order valence-electron chi connectivity index (χ3n) is 4.23. The van der Waals surface area contributed by atoms with Crippen molar-refractivity contribution in [3.63, 3.8) is 0 Å². The van der Waals surface area contributed by atoms with Crippen molar-refractivity contribution in [1.29, 1.82) is 0 Å². The summed E-state index contributed by atoms with van der Waals surface area (Å²) in [5.74, 6) is 2.82. The van der Waals surface area contributed by atoms with Gasteiger partial charge in [-0.1, -0.05) is 19.3 Å². The Bertz CT molecular complexity index is 343. The van der Waals surface area contributed by atoms with E-state index in [0.717, 1.165) is 18.9 Å². The van der Waals surface area contributed by atoms with E-state index in [1.807, 2.05) is 11.8 Å². The van der Waals surface area contributed by atoms with E-state index in [9.17, 15) is 4.79 Å². The first kappa shape index (κ1) is 20.1. The third-order valence-corrected chi connectivity index (χ3v) is 4.93. The summed E-state index contributed by atoms with van der Waals surface area (Å²) < 4.78 is 0. The summed E-state index contributed by atoms with van der Waals surface area (Å²) in [5.41, 5.74) is 0. The number of carbonyl (C=O) groups is 1. The SMILES string of the molecule is CN=C(NCCCCSC)NCCNC(=O)CC1CCCCC1. The molecule has 0 bridgehead atoms. The number of guanidine groups is 1. The summed E-state index contributed by atoms with van der Waals surface area (Å²) in [5, 5.41) is 9.54. The number of thioether (sulfide) groups is 1. The van der Waals surface area contributed by atoms with Crippen LogP contribution in [0.2, 0.25) is 0 Å². The standard InChI is InChI=1S/C17H34N4OS/c1-18-17(20-10-6-7-13-23-2)21-12-11-19-16(22)14-15-8-4-3-5-9-15/h15H,3-14H2,1-2H3,(H,19,22)(H2,18,20,21). The van der Waals surface area contributed by atoms with Crippen molar-refractivity contribution in [2.24, 2.45) is 10.9 Å².